The molecule has 96 valence electrons. The van der Waals surface area contributed by atoms with Crippen molar-refractivity contribution in [3.05, 3.63) is 33.8 Å². The number of hydrogen-bond donors (Lipinski definition) is 1. The van der Waals surface area contributed by atoms with Gasteiger partial charge in [-0.2, -0.15) is 5.26 Å². The Morgan fingerprint density at radius 2 is 2.37 bits per heavy atom. The van der Waals surface area contributed by atoms with Crippen LogP contribution < -0.4 is 14.8 Å². The molecule has 2 heterocycles. The van der Waals surface area contributed by atoms with Crippen LogP contribution in [-0.4, -0.2) is 11.8 Å². The summed E-state index contributed by atoms with van der Waals surface area (Å²) in [5, 5.41) is 12.8. The van der Waals surface area contributed by atoms with Crippen LogP contribution in [0.1, 0.15) is 10.4 Å². The van der Waals surface area contributed by atoms with Crippen LogP contribution in [0.5, 0.6) is 11.5 Å². The SMILES string of the molecule is N#Cc1sc(NCc2cccc3c2OCO3)nc1Cl. The van der Waals surface area contributed by atoms with Crippen LogP contribution in [0, 0.1) is 11.3 Å². The summed E-state index contributed by atoms with van der Waals surface area (Å²) >= 11 is 7.04. The van der Waals surface area contributed by atoms with Crippen molar-refractivity contribution in [2.75, 3.05) is 12.1 Å². The Labute approximate surface area is 118 Å². The number of para-hydroxylation sites is 1. The van der Waals surface area contributed by atoms with Crippen molar-refractivity contribution in [3.63, 3.8) is 0 Å². The second-order valence-corrected chi connectivity index (χ2v) is 5.11. The second-order valence-electron chi connectivity index (χ2n) is 3.76. The molecule has 0 saturated heterocycles. The first kappa shape index (κ1) is 12.1. The zero-order valence-electron chi connectivity index (χ0n) is 9.64. The molecule has 5 nitrogen and oxygen atoms in total. The first-order valence-electron chi connectivity index (χ1n) is 5.45. The third-order valence-electron chi connectivity index (χ3n) is 2.60. The van der Waals surface area contributed by atoms with E-state index in [-0.39, 0.29) is 11.9 Å². The fourth-order valence-electron chi connectivity index (χ4n) is 1.75. The molecule has 0 atom stereocenters. The number of ether oxygens (including phenoxy) is 2. The van der Waals surface area contributed by atoms with Crippen molar-refractivity contribution in [2.24, 2.45) is 0 Å². The van der Waals surface area contributed by atoms with Crippen LogP contribution in [0.4, 0.5) is 5.13 Å². The first-order valence-corrected chi connectivity index (χ1v) is 6.65. The number of aromatic nitrogens is 1. The Balaban J connectivity index is 1.76. The van der Waals surface area contributed by atoms with E-state index in [0.717, 1.165) is 17.1 Å². The summed E-state index contributed by atoms with van der Waals surface area (Å²) in [6.07, 6.45) is 0. The third-order valence-corrected chi connectivity index (χ3v) is 3.90. The zero-order chi connectivity index (χ0) is 13.2. The monoisotopic (exact) mass is 293 g/mol. The predicted molar refractivity (Wildman–Crippen MR) is 71.7 cm³/mol. The number of thiazole rings is 1. The minimum Gasteiger partial charge on any atom is -0.454 e. The Kier molecular flexibility index (Phi) is 3.15. The van der Waals surface area contributed by atoms with Gasteiger partial charge in [0.25, 0.3) is 0 Å². The summed E-state index contributed by atoms with van der Waals surface area (Å²) < 4.78 is 10.7. The van der Waals surface area contributed by atoms with Gasteiger partial charge in [0.2, 0.25) is 6.79 Å². The highest BCUT2D eigenvalue weighted by Gasteiger charge is 2.17. The summed E-state index contributed by atoms with van der Waals surface area (Å²) in [5.41, 5.74) is 0.972. The maximum absolute atomic E-state index is 8.82. The average Bonchev–Trinajstić information content (AvgIpc) is 3.02. The largest absolute Gasteiger partial charge is 0.454 e. The van der Waals surface area contributed by atoms with Gasteiger partial charge in [-0.15, -0.1) is 0 Å². The molecule has 0 aliphatic carbocycles. The van der Waals surface area contributed by atoms with Crippen molar-refractivity contribution < 1.29 is 9.47 Å². The second kappa shape index (κ2) is 4.96. The molecule has 2 aromatic rings. The maximum atomic E-state index is 8.82. The van der Waals surface area contributed by atoms with Gasteiger partial charge in [0.15, 0.2) is 21.8 Å². The molecule has 1 aliphatic heterocycles. The lowest BCUT2D eigenvalue weighted by molar-refractivity contribution is 0.173. The summed E-state index contributed by atoms with van der Waals surface area (Å²) in [6.45, 7) is 0.773. The van der Waals surface area contributed by atoms with E-state index in [9.17, 15) is 0 Å². The van der Waals surface area contributed by atoms with Gasteiger partial charge in [0, 0.05) is 12.1 Å². The zero-order valence-corrected chi connectivity index (χ0v) is 11.2. The molecule has 0 bridgehead atoms. The van der Waals surface area contributed by atoms with E-state index in [1.54, 1.807) is 0 Å². The van der Waals surface area contributed by atoms with Crippen molar-refractivity contribution in [2.45, 2.75) is 6.54 Å². The van der Waals surface area contributed by atoms with Crippen molar-refractivity contribution in [1.82, 2.24) is 4.98 Å². The van der Waals surface area contributed by atoms with Gasteiger partial charge >= 0.3 is 0 Å². The Bertz CT molecular complexity index is 665. The molecular formula is C12H8ClN3O2S. The summed E-state index contributed by atoms with van der Waals surface area (Å²) in [6, 6.07) is 7.70. The molecule has 0 radical (unpaired) electrons. The summed E-state index contributed by atoms with van der Waals surface area (Å²) in [5.74, 6) is 1.49. The number of hydrogen-bond acceptors (Lipinski definition) is 6. The molecule has 0 unspecified atom stereocenters. The average molecular weight is 294 g/mol. The molecule has 0 spiro atoms. The standard InChI is InChI=1S/C12H8ClN3O2S/c13-11-9(4-14)19-12(16-11)15-5-7-2-1-3-8-10(7)18-6-17-8/h1-3H,5-6H2,(H,15,16). The Hall–Kier alpha value is -1.97. The van der Waals surface area contributed by atoms with Crippen LogP contribution in [0.2, 0.25) is 5.15 Å². The molecule has 1 N–H and O–H groups in total. The van der Waals surface area contributed by atoms with Gasteiger partial charge in [-0.25, -0.2) is 4.98 Å². The molecule has 1 aromatic carbocycles. The smallest absolute Gasteiger partial charge is 0.231 e. The van der Waals surface area contributed by atoms with E-state index in [1.807, 2.05) is 24.3 Å². The van der Waals surface area contributed by atoms with E-state index in [1.165, 1.54) is 11.3 Å². The number of benzene rings is 1. The quantitative estimate of drug-likeness (QED) is 0.942. The number of nitrogens with zero attached hydrogens (tertiary/aromatic N) is 2. The van der Waals surface area contributed by atoms with Crippen LogP contribution in [-0.2, 0) is 6.54 Å². The van der Waals surface area contributed by atoms with Gasteiger partial charge in [0.05, 0.1) is 0 Å². The van der Waals surface area contributed by atoms with Crippen molar-refractivity contribution in [3.8, 4) is 17.6 Å². The Morgan fingerprint density at radius 1 is 1.47 bits per heavy atom. The predicted octanol–water partition coefficient (Wildman–Crippen LogP) is 3.01. The lowest BCUT2D eigenvalue weighted by atomic mass is 10.2. The highest BCUT2D eigenvalue weighted by Crippen LogP contribution is 2.36. The van der Waals surface area contributed by atoms with E-state index < -0.39 is 0 Å². The van der Waals surface area contributed by atoms with Gasteiger partial charge in [-0.05, 0) is 6.07 Å². The maximum Gasteiger partial charge on any atom is 0.231 e. The highest BCUT2D eigenvalue weighted by atomic mass is 35.5. The molecule has 0 amide bonds. The lowest BCUT2D eigenvalue weighted by Gasteiger charge is -2.06. The summed E-state index contributed by atoms with van der Waals surface area (Å²) in [7, 11) is 0. The minimum absolute atomic E-state index is 0.230. The third kappa shape index (κ3) is 2.30. The molecule has 0 fully saturated rings. The van der Waals surface area contributed by atoms with Crippen LogP contribution in [0.3, 0.4) is 0 Å². The number of nitriles is 1. The molecule has 3 rings (SSSR count). The molecule has 7 heteroatoms. The van der Waals surface area contributed by atoms with E-state index in [4.69, 9.17) is 26.3 Å². The fraction of sp³-hybridized carbons (Fsp3) is 0.167. The molecule has 1 aromatic heterocycles. The summed E-state index contributed by atoms with van der Waals surface area (Å²) in [4.78, 5) is 4.47. The van der Waals surface area contributed by atoms with Crippen LogP contribution in [0.25, 0.3) is 0 Å². The normalized spacial score (nSPS) is 12.2. The van der Waals surface area contributed by atoms with Gasteiger partial charge in [-0.1, -0.05) is 35.1 Å². The minimum atomic E-state index is 0.230. The van der Waals surface area contributed by atoms with Crippen LogP contribution >= 0.6 is 22.9 Å². The van der Waals surface area contributed by atoms with Gasteiger partial charge in [-0.3, -0.25) is 0 Å². The Morgan fingerprint density at radius 3 is 3.16 bits per heavy atom. The lowest BCUT2D eigenvalue weighted by Crippen LogP contribution is -2.00. The first-order chi connectivity index (χ1) is 9.28. The number of rotatable bonds is 3. The number of fused-ring (bicyclic) bond motifs is 1. The van der Waals surface area contributed by atoms with Gasteiger partial charge < -0.3 is 14.8 Å². The number of nitrogens with one attached hydrogen (secondary N) is 1. The molecule has 1 aliphatic rings. The molecular weight excluding hydrogens is 286 g/mol. The number of anilines is 1. The van der Waals surface area contributed by atoms with Crippen LogP contribution in [0.15, 0.2) is 18.2 Å². The van der Waals surface area contributed by atoms with E-state index in [2.05, 4.69) is 10.3 Å². The molecule has 19 heavy (non-hydrogen) atoms. The van der Waals surface area contributed by atoms with Crippen molar-refractivity contribution >= 4 is 28.1 Å². The number of halogens is 1. The topological polar surface area (TPSA) is 67.2 Å². The van der Waals surface area contributed by atoms with E-state index >= 15 is 0 Å². The van der Waals surface area contributed by atoms with E-state index in [0.29, 0.717) is 16.6 Å². The van der Waals surface area contributed by atoms with Crippen molar-refractivity contribution in [1.29, 1.82) is 5.26 Å². The molecule has 0 saturated carbocycles. The highest BCUT2D eigenvalue weighted by molar-refractivity contribution is 7.16. The van der Waals surface area contributed by atoms with Gasteiger partial charge in [0.1, 0.15) is 10.9 Å². The fourth-order valence-corrected chi connectivity index (χ4v) is 2.69.